The standard InChI is InChI=1S/C20H21BrN2O4/c1-13-4-3-5-17(14(13)2)23-19(25)12-27-20(26)11-10-18(24)22-16-8-6-15(21)7-9-16/h3-9H,10-12H2,1-2H3,(H,22,24)(H,23,25). The van der Waals surface area contributed by atoms with Crippen molar-refractivity contribution >= 4 is 45.1 Å². The van der Waals surface area contributed by atoms with Crippen molar-refractivity contribution in [2.24, 2.45) is 0 Å². The molecule has 142 valence electrons. The fourth-order valence-corrected chi connectivity index (χ4v) is 2.53. The number of halogens is 1. The second-order valence-corrected chi connectivity index (χ2v) is 6.93. The van der Waals surface area contributed by atoms with Crippen LogP contribution in [0.2, 0.25) is 0 Å². The Morgan fingerprint density at radius 3 is 2.33 bits per heavy atom. The predicted molar refractivity (Wildman–Crippen MR) is 108 cm³/mol. The molecule has 2 amide bonds. The van der Waals surface area contributed by atoms with Gasteiger partial charge in [-0.3, -0.25) is 14.4 Å². The second-order valence-electron chi connectivity index (χ2n) is 6.01. The molecule has 0 bridgehead atoms. The number of ether oxygens (including phenoxy) is 1. The summed E-state index contributed by atoms with van der Waals surface area (Å²) in [4.78, 5) is 35.5. The zero-order valence-corrected chi connectivity index (χ0v) is 16.8. The van der Waals surface area contributed by atoms with Gasteiger partial charge < -0.3 is 15.4 Å². The molecule has 0 aliphatic heterocycles. The Morgan fingerprint density at radius 1 is 0.926 bits per heavy atom. The number of carbonyl (C=O) groups excluding carboxylic acids is 3. The largest absolute Gasteiger partial charge is 0.456 e. The number of esters is 1. The third-order valence-corrected chi connectivity index (χ3v) is 4.46. The molecule has 2 N–H and O–H groups in total. The maximum absolute atomic E-state index is 11.9. The van der Waals surface area contributed by atoms with E-state index in [-0.39, 0.29) is 25.4 Å². The Bertz CT molecular complexity index is 834. The van der Waals surface area contributed by atoms with Crippen LogP contribution in [0, 0.1) is 13.8 Å². The first-order valence-corrected chi connectivity index (χ1v) is 9.21. The number of rotatable bonds is 7. The Morgan fingerprint density at radius 2 is 1.63 bits per heavy atom. The summed E-state index contributed by atoms with van der Waals surface area (Å²) in [5.74, 6) is -1.32. The van der Waals surface area contributed by atoms with Gasteiger partial charge in [0.15, 0.2) is 6.61 Å². The molecule has 0 saturated carbocycles. The van der Waals surface area contributed by atoms with Gasteiger partial charge in [0, 0.05) is 22.3 Å². The van der Waals surface area contributed by atoms with Crippen molar-refractivity contribution in [1.29, 1.82) is 0 Å². The summed E-state index contributed by atoms with van der Waals surface area (Å²) in [6, 6.07) is 12.7. The van der Waals surface area contributed by atoms with Gasteiger partial charge in [0.1, 0.15) is 0 Å². The van der Waals surface area contributed by atoms with Crippen molar-refractivity contribution in [3.8, 4) is 0 Å². The molecule has 2 rings (SSSR count). The monoisotopic (exact) mass is 432 g/mol. The number of hydrogen-bond acceptors (Lipinski definition) is 4. The fourth-order valence-electron chi connectivity index (χ4n) is 2.26. The first-order chi connectivity index (χ1) is 12.8. The molecule has 0 heterocycles. The molecule has 0 atom stereocenters. The van der Waals surface area contributed by atoms with Gasteiger partial charge in [-0.25, -0.2) is 0 Å². The number of carbonyl (C=O) groups is 3. The zero-order chi connectivity index (χ0) is 19.8. The lowest BCUT2D eigenvalue weighted by Gasteiger charge is -2.10. The van der Waals surface area contributed by atoms with Crippen LogP contribution in [-0.4, -0.2) is 24.4 Å². The van der Waals surface area contributed by atoms with Crippen molar-refractivity contribution in [2.45, 2.75) is 26.7 Å². The van der Waals surface area contributed by atoms with Crippen LogP contribution in [0.25, 0.3) is 0 Å². The van der Waals surface area contributed by atoms with Gasteiger partial charge in [-0.1, -0.05) is 28.1 Å². The van der Waals surface area contributed by atoms with E-state index in [4.69, 9.17) is 4.74 Å². The molecular formula is C20H21BrN2O4. The highest BCUT2D eigenvalue weighted by Gasteiger charge is 2.12. The van der Waals surface area contributed by atoms with Crippen LogP contribution >= 0.6 is 15.9 Å². The van der Waals surface area contributed by atoms with E-state index in [0.717, 1.165) is 15.6 Å². The van der Waals surface area contributed by atoms with Crippen molar-refractivity contribution in [1.82, 2.24) is 0 Å². The van der Waals surface area contributed by atoms with Crippen molar-refractivity contribution in [2.75, 3.05) is 17.2 Å². The lowest BCUT2D eigenvalue weighted by Crippen LogP contribution is -2.22. The van der Waals surface area contributed by atoms with Crippen LogP contribution < -0.4 is 10.6 Å². The summed E-state index contributed by atoms with van der Waals surface area (Å²) >= 11 is 3.31. The van der Waals surface area contributed by atoms with Gasteiger partial charge in [-0.05, 0) is 55.3 Å². The summed E-state index contributed by atoms with van der Waals surface area (Å²) in [5, 5.41) is 5.40. The van der Waals surface area contributed by atoms with E-state index in [9.17, 15) is 14.4 Å². The summed E-state index contributed by atoms with van der Waals surface area (Å²) in [5.41, 5.74) is 3.35. The predicted octanol–water partition coefficient (Wildman–Crippen LogP) is 3.97. The smallest absolute Gasteiger partial charge is 0.306 e. The Hall–Kier alpha value is -2.67. The zero-order valence-electron chi connectivity index (χ0n) is 15.2. The number of anilines is 2. The highest BCUT2D eigenvalue weighted by molar-refractivity contribution is 9.10. The number of benzene rings is 2. The average Bonchev–Trinajstić information content (AvgIpc) is 2.64. The van der Waals surface area contributed by atoms with Crippen LogP contribution in [0.4, 0.5) is 11.4 Å². The lowest BCUT2D eigenvalue weighted by atomic mass is 10.1. The molecule has 0 aliphatic carbocycles. The van der Waals surface area contributed by atoms with Gasteiger partial charge in [-0.2, -0.15) is 0 Å². The van der Waals surface area contributed by atoms with Crippen LogP contribution in [-0.2, 0) is 19.1 Å². The normalized spacial score (nSPS) is 10.2. The highest BCUT2D eigenvalue weighted by atomic mass is 79.9. The van der Waals surface area contributed by atoms with E-state index in [2.05, 4.69) is 26.6 Å². The van der Waals surface area contributed by atoms with Crippen LogP contribution in [0.15, 0.2) is 46.9 Å². The topological polar surface area (TPSA) is 84.5 Å². The Kier molecular flexibility index (Phi) is 7.55. The van der Waals surface area contributed by atoms with Gasteiger partial charge in [-0.15, -0.1) is 0 Å². The highest BCUT2D eigenvalue weighted by Crippen LogP contribution is 2.18. The quantitative estimate of drug-likeness (QED) is 0.648. The number of hydrogen-bond donors (Lipinski definition) is 2. The SMILES string of the molecule is Cc1cccc(NC(=O)COC(=O)CCC(=O)Nc2ccc(Br)cc2)c1C. The molecule has 0 aliphatic rings. The minimum Gasteiger partial charge on any atom is -0.456 e. The molecule has 0 saturated heterocycles. The summed E-state index contributed by atoms with van der Waals surface area (Å²) in [6.07, 6.45) is -0.118. The summed E-state index contributed by atoms with van der Waals surface area (Å²) < 4.78 is 5.83. The fraction of sp³-hybridized carbons (Fsp3) is 0.250. The van der Waals surface area contributed by atoms with E-state index >= 15 is 0 Å². The molecule has 0 unspecified atom stereocenters. The van der Waals surface area contributed by atoms with Crippen molar-refractivity contribution in [3.05, 3.63) is 58.1 Å². The Labute approximate surface area is 166 Å². The van der Waals surface area contributed by atoms with E-state index in [1.165, 1.54) is 0 Å². The lowest BCUT2D eigenvalue weighted by molar-refractivity contribution is -0.147. The molecule has 2 aromatic rings. The van der Waals surface area contributed by atoms with Gasteiger partial charge >= 0.3 is 5.97 Å². The van der Waals surface area contributed by atoms with Crippen molar-refractivity contribution in [3.63, 3.8) is 0 Å². The van der Waals surface area contributed by atoms with E-state index in [1.54, 1.807) is 30.3 Å². The minimum absolute atomic E-state index is 0.0203. The summed E-state index contributed by atoms with van der Waals surface area (Å²) in [6.45, 7) is 3.46. The Balaban J connectivity index is 1.70. The van der Waals surface area contributed by atoms with Gasteiger partial charge in [0.05, 0.1) is 6.42 Å². The minimum atomic E-state index is -0.600. The van der Waals surface area contributed by atoms with Gasteiger partial charge in [0.2, 0.25) is 5.91 Å². The van der Waals surface area contributed by atoms with E-state index in [1.807, 2.05) is 26.0 Å². The number of nitrogens with one attached hydrogen (secondary N) is 2. The molecule has 2 aromatic carbocycles. The number of amides is 2. The van der Waals surface area contributed by atoms with E-state index < -0.39 is 11.9 Å². The summed E-state index contributed by atoms with van der Waals surface area (Å²) in [7, 11) is 0. The first-order valence-electron chi connectivity index (χ1n) is 8.42. The van der Waals surface area contributed by atoms with Crippen LogP contribution in [0.3, 0.4) is 0 Å². The molecule has 7 heteroatoms. The van der Waals surface area contributed by atoms with Crippen LogP contribution in [0.1, 0.15) is 24.0 Å². The molecule has 0 radical (unpaired) electrons. The molecular weight excluding hydrogens is 412 g/mol. The van der Waals surface area contributed by atoms with Crippen molar-refractivity contribution < 1.29 is 19.1 Å². The molecule has 6 nitrogen and oxygen atoms in total. The average molecular weight is 433 g/mol. The number of aryl methyl sites for hydroxylation is 1. The molecule has 0 aromatic heterocycles. The third-order valence-electron chi connectivity index (χ3n) is 3.93. The molecule has 27 heavy (non-hydrogen) atoms. The molecule has 0 spiro atoms. The first kappa shape index (κ1) is 20.6. The third kappa shape index (κ3) is 6.86. The van der Waals surface area contributed by atoms with E-state index in [0.29, 0.717) is 11.4 Å². The maximum atomic E-state index is 11.9. The van der Waals surface area contributed by atoms with Gasteiger partial charge in [0.25, 0.3) is 5.91 Å². The second kappa shape index (κ2) is 9.87. The maximum Gasteiger partial charge on any atom is 0.306 e. The molecule has 0 fully saturated rings. The van der Waals surface area contributed by atoms with Crippen LogP contribution in [0.5, 0.6) is 0 Å².